The highest BCUT2D eigenvalue weighted by molar-refractivity contribution is 5.68. The number of nitrogens with zero attached hydrogens (tertiary/aromatic N) is 1. The standard InChI is InChI=1S/C11H15NO4/c13-5-7-16-11(14)12(9-3-4-9)8-10-2-1-6-15-10/h1-2,6,9,13H,3-5,7-8H2. The molecule has 1 aliphatic carbocycles. The first-order chi connectivity index (χ1) is 7.81. The van der Waals surface area contributed by atoms with Crippen molar-refractivity contribution in [3.8, 4) is 0 Å². The van der Waals surface area contributed by atoms with E-state index in [2.05, 4.69) is 0 Å². The van der Waals surface area contributed by atoms with Gasteiger partial charge in [0.25, 0.3) is 0 Å². The predicted octanol–water partition coefficient (Wildman–Crippen LogP) is 1.37. The van der Waals surface area contributed by atoms with Gasteiger partial charge in [-0.1, -0.05) is 0 Å². The van der Waals surface area contributed by atoms with Gasteiger partial charge in [0.1, 0.15) is 12.4 Å². The highest BCUT2D eigenvalue weighted by atomic mass is 16.6. The van der Waals surface area contributed by atoms with E-state index in [1.165, 1.54) is 0 Å². The Kier molecular flexibility index (Phi) is 3.46. The van der Waals surface area contributed by atoms with Gasteiger partial charge >= 0.3 is 6.09 Å². The Morgan fingerprint density at radius 3 is 3.00 bits per heavy atom. The van der Waals surface area contributed by atoms with Gasteiger partial charge in [-0.05, 0) is 25.0 Å². The SMILES string of the molecule is O=C(OCCO)N(Cc1ccco1)C1CC1. The van der Waals surface area contributed by atoms with E-state index in [4.69, 9.17) is 14.3 Å². The topological polar surface area (TPSA) is 62.9 Å². The van der Waals surface area contributed by atoms with E-state index in [9.17, 15) is 4.79 Å². The molecule has 2 rings (SSSR count). The smallest absolute Gasteiger partial charge is 0.410 e. The molecule has 0 radical (unpaired) electrons. The number of amides is 1. The third-order valence-corrected chi connectivity index (χ3v) is 2.45. The molecule has 5 heteroatoms. The van der Waals surface area contributed by atoms with Gasteiger partial charge in [-0.3, -0.25) is 4.90 Å². The van der Waals surface area contributed by atoms with E-state index in [0.717, 1.165) is 18.6 Å². The average molecular weight is 225 g/mol. The van der Waals surface area contributed by atoms with Crippen LogP contribution in [0.2, 0.25) is 0 Å². The van der Waals surface area contributed by atoms with Crippen LogP contribution in [0.3, 0.4) is 0 Å². The zero-order chi connectivity index (χ0) is 11.4. The Bertz CT molecular complexity index is 332. The Hall–Kier alpha value is -1.49. The lowest BCUT2D eigenvalue weighted by Crippen LogP contribution is -2.33. The summed E-state index contributed by atoms with van der Waals surface area (Å²) in [5.41, 5.74) is 0. The summed E-state index contributed by atoms with van der Waals surface area (Å²) in [7, 11) is 0. The van der Waals surface area contributed by atoms with E-state index < -0.39 is 0 Å². The van der Waals surface area contributed by atoms with E-state index in [1.54, 1.807) is 17.2 Å². The molecule has 1 N–H and O–H groups in total. The molecule has 0 aromatic carbocycles. The summed E-state index contributed by atoms with van der Waals surface area (Å²) < 4.78 is 10.1. The van der Waals surface area contributed by atoms with Crippen LogP contribution in [-0.4, -0.2) is 35.4 Å². The van der Waals surface area contributed by atoms with Gasteiger partial charge < -0.3 is 14.3 Å². The van der Waals surface area contributed by atoms with Crippen molar-refractivity contribution in [1.82, 2.24) is 4.90 Å². The van der Waals surface area contributed by atoms with Crippen molar-refractivity contribution in [2.24, 2.45) is 0 Å². The molecule has 0 atom stereocenters. The molecule has 5 nitrogen and oxygen atoms in total. The van der Waals surface area contributed by atoms with Crippen molar-refractivity contribution in [3.63, 3.8) is 0 Å². The Morgan fingerprint density at radius 1 is 1.62 bits per heavy atom. The van der Waals surface area contributed by atoms with Crippen molar-refractivity contribution in [1.29, 1.82) is 0 Å². The number of aliphatic hydroxyl groups excluding tert-OH is 1. The molecule has 0 spiro atoms. The van der Waals surface area contributed by atoms with Crippen LogP contribution in [0.5, 0.6) is 0 Å². The molecule has 1 fully saturated rings. The quantitative estimate of drug-likeness (QED) is 0.822. The Balaban J connectivity index is 1.92. The highest BCUT2D eigenvalue weighted by Gasteiger charge is 2.34. The zero-order valence-corrected chi connectivity index (χ0v) is 8.96. The van der Waals surface area contributed by atoms with Crippen LogP contribution in [0.1, 0.15) is 18.6 Å². The summed E-state index contributed by atoms with van der Waals surface area (Å²) in [5.74, 6) is 0.743. The summed E-state index contributed by atoms with van der Waals surface area (Å²) >= 11 is 0. The molecular weight excluding hydrogens is 210 g/mol. The van der Waals surface area contributed by atoms with Crippen LogP contribution in [-0.2, 0) is 11.3 Å². The maximum Gasteiger partial charge on any atom is 0.410 e. The molecule has 88 valence electrons. The van der Waals surface area contributed by atoms with Gasteiger partial charge in [0, 0.05) is 6.04 Å². The number of rotatable bonds is 5. The second-order valence-electron chi connectivity index (χ2n) is 3.78. The van der Waals surface area contributed by atoms with Crippen LogP contribution in [0.15, 0.2) is 22.8 Å². The molecule has 0 unspecified atom stereocenters. The molecule has 1 heterocycles. The summed E-state index contributed by atoms with van der Waals surface area (Å²) in [5, 5.41) is 8.59. The third-order valence-electron chi connectivity index (χ3n) is 2.45. The predicted molar refractivity (Wildman–Crippen MR) is 55.7 cm³/mol. The van der Waals surface area contributed by atoms with Crippen molar-refractivity contribution in [3.05, 3.63) is 24.2 Å². The van der Waals surface area contributed by atoms with E-state index >= 15 is 0 Å². The van der Waals surface area contributed by atoms with E-state index in [-0.39, 0.29) is 25.3 Å². The van der Waals surface area contributed by atoms with E-state index in [0.29, 0.717) is 6.54 Å². The summed E-state index contributed by atoms with van der Waals surface area (Å²) in [6, 6.07) is 3.88. The highest BCUT2D eigenvalue weighted by Crippen LogP contribution is 2.28. The first kappa shape index (κ1) is 11.0. The fourth-order valence-corrected chi connectivity index (χ4v) is 1.52. The van der Waals surface area contributed by atoms with Crippen LogP contribution in [0, 0.1) is 0 Å². The normalized spacial score (nSPS) is 14.8. The summed E-state index contributed by atoms with van der Waals surface area (Å²) in [4.78, 5) is 13.3. The molecule has 16 heavy (non-hydrogen) atoms. The lowest BCUT2D eigenvalue weighted by molar-refractivity contribution is 0.0776. The first-order valence-electron chi connectivity index (χ1n) is 5.38. The molecule has 1 aromatic heterocycles. The summed E-state index contributed by atoms with van der Waals surface area (Å²) in [6.45, 7) is 0.327. The monoisotopic (exact) mass is 225 g/mol. The number of ether oxygens (including phenoxy) is 1. The molecule has 1 amide bonds. The average Bonchev–Trinajstić information content (AvgIpc) is 3.00. The lowest BCUT2D eigenvalue weighted by atomic mass is 10.4. The number of furan rings is 1. The Labute approximate surface area is 93.6 Å². The molecular formula is C11H15NO4. The van der Waals surface area contributed by atoms with Gasteiger partial charge in [-0.2, -0.15) is 0 Å². The fourth-order valence-electron chi connectivity index (χ4n) is 1.52. The molecule has 1 aromatic rings. The minimum atomic E-state index is -0.382. The van der Waals surface area contributed by atoms with E-state index in [1.807, 2.05) is 6.07 Å². The van der Waals surface area contributed by atoms with Crippen LogP contribution < -0.4 is 0 Å². The number of hydrogen-bond donors (Lipinski definition) is 1. The van der Waals surface area contributed by atoms with Gasteiger partial charge in [0.15, 0.2) is 0 Å². The minimum Gasteiger partial charge on any atom is -0.467 e. The maximum absolute atomic E-state index is 11.7. The Morgan fingerprint density at radius 2 is 2.44 bits per heavy atom. The maximum atomic E-state index is 11.7. The summed E-state index contributed by atoms with van der Waals surface area (Å²) in [6.07, 6.45) is 3.22. The van der Waals surface area contributed by atoms with Crippen molar-refractivity contribution in [2.75, 3.05) is 13.2 Å². The molecule has 1 saturated carbocycles. The van der Waals surface area contributed by atoms with Crippen molar-refractivity contribution in [2.45, 2.75) is 25.4 Å². The minimum absolute atomic E-state index is 0.0419. The largest absolute Gasteiger partial charge is 0.467 e. The molecule has 1 aliphatic rings. The fraction of sp³-hybridized carbons (Fsp3) is 0.545. The molecule has 0 bridgehead atoms. The third kappa shape index (κ3) is 2.76. The zero-order valence-electron chi connectivity index (χ0n) is 8.96. The van der Waals surface area contributed by atoms with Crippen LogP contribution in [0.4, 0.5) is 4.79 Å². The van der Waals surface area contributed by atoms with Gasteiger partial charge in [-0.15, -0.1) is 0 Å². The van der Waals surface area contributed by atoms with Crippen LogP contribution >= 0.6 is 0 Å². The van der Waals surface area contributed by atoms with Crippen molar-refractivity contribution >= 4 is 6.09 Å². The molecule has 0 saturated heterocycles. The molecule has 0 aliphatic heterocycles. The first-order valence-corrected chi connectivity index (χ1v) is 5.38. The van der Waals surface area contributed by atoms with Gasteiger partial charge in [0.2, 0.25) is 0 Å². The number of aliphatic hydroxyl groups is 1. The van der Waals surface area contributed by atoms with Gasteiger partial charge in [0.05, 0.1) is 19.4 Å². The van der Waals surface area contributed by atoms with Crippen LogP contribution in [0.25, 0.3) is 0 Å². The second-order valence-corrected chi connectivity index (χ2v) is 3.78. The number of carbonyl (C=O) groups is 1. The number of hydrogen-bond acceptors (Lipinski definition) is 4. The van der Waals surface area contributed by atoms with Crippen molar-refractivity contribution < 1.29 is 19.1 Å². The lowest BCUT2D eigenvalue weighted by Gasteiger charge is -2.20. The van der Waals surface area contributed by atoms with Gasteiger partial charge in [-0.25, -0.2) is 4.79 Å². The number of carbonyl (C=O) groups excluding carboxylic acids is 1. The second kappa shape index (κ2) is 5.03.